The number of fused-ring (bicyclic) bond motifs is 4. The van der Waals surface area contributed by atoms with Gasteiger partial charge in [0.15, 0.2) is 0 Å². The fraction of sp³-hybridized carbons (Fsp3) is 0.300. The van der Waals surface area contributed by atoms with Gasteiger partial charge in [-0.2, -0.15) is 0 Å². The van der Waals surface area contributed by atoms with Gasteiger partial charge in [0, 0.05) is 22.5 Å². The first-order valence-corrected chi connectivity index (χ1v) is 11.5. The van der Waals surface area contributed by atoms with Gasteiger partial charge in [0.05, 0.1) is 5.69 Å². The molecule has 0 fully saturated rings. The van der Waals surface area contributed by atoms with Crippen LogP contribution in [0.2, 0.25) is 0 Å². The second kappa shape index (κ2) is 7.20. The van der Waals surface area contributed by atoms with E-state index in [-0.39, 0.29) is 5.41 Å². The summed E-state index contributed by atoms with van der Waals surface area (Å²) in [6.07, 6.45) is 1.94. The summed E-state index contributed by atoms with van der Waals surface area (Å²) >= 11 is 0. The van der Waals surface area contributed by atoms with Crippen molar-refractivity contribution in [3.8, 4) is 11.3 Å². The van der Waals surface area contributed by atoms with Gasteiger partial charge in [-0.3, -0.25) is 4.98 Å². The molecule has 2 aromatic heterocycles. The Kier molecular flexibility index (Phi) is 4.67. The highest BCUT2D eigenvalue weighted by atomic mass is 16.3. The van der Waals surface area contributed by atoms with Crippen LogP contribution in [-0.2, 0) is 5.41 Å². The van der Waals surface area contributed by atoms with E-state index < -0.39 is 0 Å². The largest absolute Gasteiger partial charge is 0.461 e. The predicted molar refractivity (Wildman–Crippen MR) is 137 cm³/mol. The Labute approximate surface area is 190 Å². The molecule has 0 atom stereocenters. The normalized spacial score (nSPS) is 12.5. The molecule has 5 aromatic rings. The molecule has 0 aliphatic carbocycles. The summed E-state index contributed by atoms with van der Waals surface area (Å²) in [6, 6.07) is 17.8. The van der Waals surface area contributed by atoms with Crippen LogP contribution in [0.25, 0.3) is 43.8 Å². The summed E-state index contributed by atoms with van der Waals surface area (Å²) < 4.78 is 6.08. The average molecular weight is 422 g/mol. The number of furan rings is 1. The monoisotopic (exact) mass is 421 g/mol. The Bertz CT molecular complexity index is 1500. The first-order valence-electron chi connectivity index (χ1n) is 11.5. The first kappa shape index (κ1) is 20.8. The van der Waals surface area contributed by atoms with Crippen LogP contribution in [0.1, 0.15) is 63.0 Å². The van der Waals surface area contributed by atoms with Crippen molar-refractivity contribution in [1.82, 2.24) is 4.98 Å². The van der Waals surface area contributed by atoms with Crippen molar-refractivity contribution in [3.63, 3.8) is 0 Å². The lowest BCUT2D eigenvalue weighted by Gasteiger charge is -2.21. The highest BCUT2D eigenvalue weighted by Gasteiger charge is 2.21. The van der Waals surface area contributed by atoms with Crippen molar-refractivity contribution in [2.24, 2.45) is 0 Å². The van der Waals surface area contributed by atoms with E-state index >= 15 is 0 Å². The number of aromatic nitrogens is 1. The summed E-state index contributed by atoms with van der Waals surface area (Å²) in [5.74, 6) is 1.42. The third-order valence-electron chi connectivity index (χ3n) is 6.62. The minimum absolute atomic E-state index is 0.00550. The summed E-state index contributed by atoms with van der Waals surface area (Å²) in [4.78, 5) is 4.85. The lowest BCUT2D eigenvalue weighted by Crippen LogP contribution is -2.11. The van der Waals surface area contributed by atoms with E-state index in [0.29, 0.717) is 5.92 Å². The van der Waals surface area contributed by atoms with Gasteiger partial charge >= 0.3 is 0 Å². The van der Waals surface area contributed by atoms with E-state index in [1.807, 2.05) is 13.1 Å². The molecule has 0 bridgehead atoms. The maximum absolute atomic E-state index is 6.08. The van der Waals surface area contributed by atoms with Crippen molar-refractivity contribution in [3.05, 3.63) is 77.2 Å². The quantitative estimate of drug-likeness (QED) is 0.266. The second-order valence-electron chi connectivity index (χ2n) is 10.4. The van der Waals surface area contributed by atoms with Gasteiger partial charge in [-0.25, -0.2) is 0 Å². The summed E-state index contributed by atoms with van der Waals surface area (Å²) in [5, 5.41) is 6.27. The van der Waals surface area contributed by atoms with Crippen molar-refractivity contribution >= 4 is 32.5 Å². The SMILES string of the molecule is Cc1cc2c(C(C)(C)C)cc(-c3nccc4c3ccc3c(C(C)C)c(C)ccc34)cc2o1. The third kappa shape index (κ3) is 3.21. The van der Waals surface area contributed by atoms with E-state index in [1.165, 1.54) is 43.6 Å². The molecule has 2 heteroatoms. The zero-order chi connectivity index (χ0) is 22.8. The fourth-order valence-electron chi connectivity index (χ4n) is 5.22. The van der Waals surface area contributed by atoms with Gasteiger partial charge in [-0.1, -0.05) is 58.9 Å². The molecule has 3 aromatic carbocycles. The molecule has 0 saturated heterocycles. The summed E-state index contributed by atoms with van der Waals surface area (Å²) in [5.41, 5.74) is 7.14. The van der Waals surface area contributed by atoms with Gasteiger partial charge in [0.2, 0.25) is 0 Å². The van der Waals surface area contributed by atoms with Gasteiger partial charge in [0.1, 0.15) is 11.3 Å². The standard InChI is InChI=1S/C30H31NO/c1-17(2)28-18(3)8-9-21-22-12-13-31-29(24(22)11-10-23(21)28)20-15-26(30(5,6)7)25-14-19(4)32-27(25)16-20/h8-17H,1-7H3. The smallest absolute Gasteiger partial charge is 0.135 e. The number of hydrogen-bond acceptors (Lipinski definition) is 2. The van der Waals surface area contributed by atoms with Crippen LogP contribution in [0.5, 0.6) is 0 Å². The molecular weight excluding hydrogens is 390 g/mol. The lowest BCUT2D eigenvalue weighted by atomic mass is 9.83. The number of nitrogens with zero attached hydrogens (tertiary/aromatic N) is 1. The minimum Gasteiger partial charge on any atom is -0.461 e. The zero-order valence-corrected chi connectivity index (χ0v) is 20.1. The van der Waals surface area contributed by atoms with E-state index in [2.05, 4.69) is 90.1 Å². The van der Waals surface area contributed by atoms with Crippen molar-refractivity contribution in [2.45, 2.75) is 59.8 Å². The molecule has 0 saturated carbocycles. The molecule has 2 heterocycles. The molecule has 2 nitrogen and oxygen atoms in total. The Morgan fingerprint density at radius 2 is 1.47 bits per heavy atom. The Hall–Kier alpha value is -3.13. The molecule has 32 heavy (non-hydrogen) atoms. The van der Waals surface area contributed by atoms with E-state index in [9.17, 15) is 0 Å². The summed E-state index contributed by atoms with van der Waals surface area (Å²) in [7, 11) is 0. The molecule has 0 radical (unpaired) electrons. The first-order chi connectivity index (χ1) is 15.1. The molecule has 0 aliphatic heterocycles. The number of aryl methyl sites for hydroxylation is 2. The predicted octanol–water partition coefficient (Wildman–Crippen LogP) is 8.84. The topological polar surface area (TPSA) is 26.0 Å². The van der Waals surface area contributed by atoms with Crippen LogP contribution >= 0.6 is 0 Å². The van der Waals surface area contributed by atoms with E-state index in [1.54, 1.807) is 0 Å². The molecule has 0 unspecified atom stereocenters. The molecule has 5 rings (SSSR count). The van der Waals surface area contributed by atoms with Crippen LogP contribution in [0, 0.1) is 13.8 Å². The molecular formula is C30H31NO. The van der Waals surface area contributed by atoms with Gasteiger partial charge in [-0.15, -0.1) is 0 Å². The van der Waals surface area contributed by atoms with Crippen molar-refractivity contribution in [1.29, 1.82) is 0 Å². The number of pyridine rings is 1. The van der Waals surface area contributed by atoms with Crippen LogP contribution in [0.3, 0.4) is 0 Å². The molecule has 0 aliphatic rings. The van der Waals surface area contributed by atoms with Crippen LogP contribution in [0.15, 0.2) is 59.1 Å². The molecule has 162 valence electrons. The van der Waals surface area contributed by atoms with E-state index in [0.717, 1.165) is 22.6 Å². The average Bonchev–Trinajstić information content (AvgIpc) is 3.10. The van der Waals surface area contributed by atoms with Crippen LogP contribution in [-0.4, -0.2) is 4.98 Å². The fourth-order valence-corrected chi connectivity index (χ4v) is 5.22. The molecule has 0 spiro atoms. The third-order valence-corrected chi connectivity index (χ3v) is 6.62. The maximum atomic E-state index is 6.08. The molecule has 0 N–H and O–H groups in total. The Morgan fingerprint density at radius 3 is 2.19 bits per heavy atom. The Morgan fingerprint density at radius 1 is 0.781 bits per heavy atom. The van der Waals surface area contributed by atoms with Crippen LogP contribution < -0.4 is 0 Å². The second-order valence-corrected chi connectivity index (χ2v) is 10.4. The van der Waals surface area contributed by atoms with Crippen LogP contribution in [0.4, 0.5) is 0 Å². The van der Waals surface area contributed by atoms with Gasteiger partial charge in [-0.05, 0) is 82.3 Å². The molecule has 0 amide bonds. The van der Waals surface area contributed by atoms with E-state index in [4.69, 9.17) is 9.40 Å². The minimum atomic E-state index is 0.00550. The zero-order valence-electron chi connectivity index (χ0n) is 20.1. The Balaban J connectivity index is 1.83. The maximum Gasteiger partial charge on any atom is 0.135 e. The highest BCUT2D eigenvalue weighted by molar-refractivity contribution is 6.12. The van der Waals surface area contributed by atoms with Gasteiger partial charge < -0.3 is 4.42 Å². The number of benzene rings is 3. The number of rotatable bonds is 2. The van der Waals surface area contributed by atoms with Crippen molar-refractivity contribution in [2.75, 3.05) is 0 Å². The van der Waals surface area contributed by atoms with Crippen molar-refractivity contribution < 1.29 is 4.42 Å². The number of hydrogen-bond donors (Lipinski definition) is 0. The lowest BCUT2D eigenvalue weighted by molar-refractivity contribution is 0.575. The van der Waals surface area contributed by atoms with Gasteiger partial charge in [0.25, 0.3) is 0 Å². The summed E-state index contributed by atoms with van der Waals surface area (Å²) in [6.45, 7) is 15.6. The highest BCUT2D eigenvalue weighted by Crippen LogP contribution is 2.39.